The summed E-state index contributed by atoms with van der Waals surface area (Å²) in [6, 6.07) is 86.5. The second-order valence-electron chi connectivity index (χ2n) is 15.8. The van der Waals surface area contributed by atoms with Crippen LogP contribution in [0.25, 0.3) is 111 Å². The predicted molar refractivity (Wildman–Crippen MR) is 261 cm³/mol. The highest BCUT2D eigenvalue weighted by molar-refractivity contribution is 6.12. The van der Waals surface area contributed by atoms with E-state index in [9.17, 15) is 0 Å². The van der Waals surface area contributed by atoms with Crippen LogP contribution in [0.5, 0.6) is 0 Å². The summed E-state index contributed by atoms with van der Waals surface area (Å²) in [5.74, 6) is 0.707. The number of hydrogen-bond acceptors (Lipinski definition) is 2. The molecule has 2 nitrogen and oxygen atoms in total. The van der Waals surface area contributed by atoms with Gasteiger partial charge in [-0.2, -0.15) is 0 Å². The van der Waals surface area contributed by atoms with Crippen LogP contribution >= 0.6 is 0 Å². The van der Waals surface area contributed by atoms with Gasteiger partial charge in [0, 0.05) is 16.5 Å². The standard InChI is InChI=1S/C60H40N2/c1-3-11-41(12-4-1)52-16-9-18-54(39-52)47-25-21-43(22-26-47)45-29-33-50(34-30-45)59-58-56-20-8-7-15-49(56)37-38-57(58)61-60(62-59)51-35-31-46(32-36-51)44-23-27-48(28-24-44)55-19-10-17-53(40-55)42-13-5-2-6-14-42/h1-40H. The molecule has 0 spiro atoms. The molecular weight excluding hydrogens is 749 g/mol. The molecule has 11 aromatic rings. The van der Waals surface area contributed by atoms with E-state index >= 15 is 0 Å². The first kappa shape index (κ1) is 36.8. The van der Waals surface area contributed by atoms with Crippen LogP contribution in [0.15, 0.2) is 243 Å². The zero-order valence-corrected chi connectivity index (χ0v) is 34.0. The van der Waals surface area contributed by atoms with Crippen molar-refractivity contribution in [2.24, 2.45) is 0 Å². The van der Waals surface area contributed by atoms with E-state index in [1.54, 1.807) is 0 Å². The largest absolute Gasteiger partial charge is 0.228 e. The van der Waals surface area contributed by atoms with Gasteiger partial charge >= 0.3 is 0 Å². The molecule has 10 aromatic carbocycles. The molecule has 0 aliphatic carbocycles. The summed E-state index contributed by atoms with van der Waals surface area (Å²) in [6.45, 7) is 0. The Bertz CT molecular complexity index is 3340. The second kappa shape index (κ2) is 16.1. The third kappa shape index (κ3) is 7.25. The van der Waals surface area contributed by atoms with Crippen molar-refractivity contribution in [3.63, 3.8) is 0 Å². The Kier molecular flexibility index (Phi) is 9.57. The highest BCUT2D eigenvalue weighted by Crippen LogP contribution is 2.37. The maximum Gasteiger partial charge on any atom is 0.160 e. The fourth-order valence-corrected chi connectivity index (χ4v) is 8.60. The fraction of sp³-hybridized carbons (Fsp3) is 0. The summed E-state index contributed by atoms with van der Waals surface area (Å²) in [5.41, 5.74) is 18.2. The van der Waals surface area contributed by atoms with Crippen LogP contribution < -0.4 is 0 Å². The van der Waals surface area contributed by atoms with Gasteiger partial charge in [-0.05, 0) is 95.7 Å². The highest BCUT2D eigenvalue weighted by Gasteiger charge is 2.15. The van der Waals surface area contributed by atoms with Gasteiger partial charge in [0.1, 0.15) is 0 Å². The van der Waals surface area contributed by atoms with Gasteiger partial charge in [0.05, 0.1) is 11.2 Å². The molecule has 0 unspecified atom stereocenters. The van der Waals surface area contributed by atoms with Crippen LogP contribution in [0.2, 0.25) is 0 Å². The average molecular weight is 789 g/mol. The van der Waals surface area contributed by atoms with Crippen LogP contribution in [0.1, 0.15) is 0 Å². The first-order chi connectivity index (χ1) is 30.7. The Balaban J connectivity index is 0.885. The molecule has 290 valence electrons. The van der Waals surface area contributed by atoms with Crippen molar-refractivity contribution < 1.29 is 0 Å². The van der Waals surface area contributed by atoms with E-state index in [0.29, 0.717) is 5.82 Å². The maximum absolute atomic E-state index is 5.33. The third-order valence-electron chi connectivity index (χ3n) is 11.9. The minimum absolute atomic E-state index is 0.707. The first-order valence-corrected chi connectivity index (χ1v) is 21.1. The van der Waals surface area contributed by atoms with Crippen LogP contribution in [0, 0.1) is 0 Å². The highest BCUT2D eigenvalue weighted by atomic mass is 14.9. The van der Waals surface area contributed by atoms with Gasteiger partial charge in [0.25, 0.3) is 0 Å². The van der Waals surface area contributed by atoms with Crippen molar-refractivity contribution in [3.8, 4) is 89.4 Å². The Hall–Kier alpha value is -8.20. The molecular formula is C60H40N2. The molecule has 0 bridgehead atoms. The lowest BCUT2D eigenvalue weighted by atomic mass is 9.96. The average Bonchev–Trinajstić information content (AvgIpc) is 3.37. The molecule has 0 saturated heterocycles. The minimum Gasteiger partial charge on any atom is -0.228 e. The van der Waals surface area contributed by atoms with E-state index in [4.69, 9.17) is 9.97 Å². The fourth-order valence-electron chi connectivity index (χ4n) is 8.60. The lowest BCUT2D eigenvalue weighted by molar-refractivity contribution is 1.23. The van der Waals surface area contributed by atoms with E-state index in [1.165, 1.54) is 55.5 Å². The zero-order chi connectivity index (χ0) is 41.2. The number of benzene rings is 10. The SMILES string of the molecule is c1ccc(-c2cccc(-c3ccc(-c4ccc(-c5nc(-c6ccc(-c7ccc(-c8cccc(-c9ccccc9)c8)cc7)cc6)c6c(ccc7ccccc76)n5)cc4)cc3)c2)cc1. The number of hydrogen-bond donors (Lipinski definition) is 0. The van der Waals surface area contributed by atoms with Crippen molar-refractivity contribution in [2.45, 2.75) is 0 Å². The van der Waals surface area contributed by atoms with Gasteiger partial charge < -0.3 is 0 Å². The summed E-state index contributed by atoms with van der Waals surface area (Å²) < 4.78 is 0. The molecule has 0 aliphatic heterocycles. The van der Waals surface area contributed by atoms with Gasteiger partial charge in [-0.1, -0.05) is 224 Å². The molecule has 0 radical (unpaired) electrons. The topological polar surface area (TPSA) is 25.8 Å². The lowest BCUT2D eigenvalue weighted by Crippen LogP contribution is -1.96. The van der Waals surface area contributed by atoms with Crippen LogP contribution in [-0.2, 0) is 0 Å². The third-order valence-corrected chi connectivity index (χ3v) is 11.9. The molecule has 62 heavy (non-hydrogen) atoms. The van der Waals surface area contributed by atoms with Crippen molar-refractivity contribution >= 4 is 21.7 Å². The van der Waals surface area contributed by atoms with E-state index in [2.05, 4.69) is 243 Å². The number of rotatable bonds is 8. The van der Waals surface area contributed by atoms with Gasteiger partial charge in [-0.15, -0.1) is 0 Å². The number of aromatic nitrogens is 2. The number of nitrogens with zero attached hydrogens (tertiary/aromatic N) is 2. The Morgan fingerprint density at radius 3 is 1.05 bits per heavy atom. The van der Waals surface area contributed by atoms with Crippen molar-refractivity contribution in [3.05, 3.63) is 243 Å². The summed E-state index contributed by atoms with van der Waals surface area (Å²) in [4.78, 5) is 10.5. The van der Waals surface area contributed by atoms with E-state index in [0.717, 1.165) is 49.8 Å². The second-order valence-corrected chi connectivity index (χ2v) is 15.8. The van der Waals surface area contributed by atoms with E-state index < -0.39 is 0 Å². The molecule has 1 heterocycles. The van der Waals surface area contributed by atoms with Crippen molar-refractivity contribution in [1.82, 2.24) is 9.97 Å². The first-order valence-electron chi connectivity index (χ1n) is 21.1. The molecule has 0 N–H and O–H groups in total. The monoisotopic (exact) mass is 788 g/mol. The smallest absolute Gasteiger partial charge is 0.160 e. The van der Waals surface area contributed by atoms with Crippen LogP contribution in [-0.4, -0.2) is 9.97 Å². The van der Waals surface area contributed by atoms with Gasteiger partial charge in [-0.25, -0.2) is 9.97 Å². The van der Waals surface area contributed by atoms with E-state index in [-0.39, 0.29) is 0 Å². The summed E-state index contributed by atoms with van der Waals surface area (Å²) in [6.07, 6.45) is 0. The Morgan fingerprint density at radius 1 is 0.226 bits per heavy atom. The van der Waals surface area contributed by atoms with Gasteiger partial charge in [0.2, 0.25) is 0 Å². The Morgan fingerprint density at radius 2 is 0.581 bits per heavy atom. The maximum atomic E-state index is 5.33. The minimum atomic E-state index is 0.707. The predicted octanol–water partition coefficient (Wildman–Crippen LogP) is 16.1. The molecule has 0 aliphatic rings. The summed E-state index contributed by atoms with van der Waals surface area (Å²) >= 11 is 0. The van der Waals surface area contributed by atoms with Crippen molar-refractivity contribution in [1.29, 1.82) is 0 Å². The molecule has 0 saturated carbocycles. The van der Waals surface area contributed by atoms with Crippen LogP contribution in [0.4, 0.5) is 0 Å². The molecule has 0 amide bonds. The zero-order valence-electron chi connectivity index (χ0n) is 34.0. The molecule has 0 fully saturated rings. The molecule has 2 heteroatoms. The van der Waals surface area contributed by atoms with Gasteiger partial charge in [-0.3, -0.25) is 0 Å². The van der Waals surface area contributed by atoms with E-state index in [1.807, 2.05) is 0 Å². The lowest BCUT2D eigenvalue weighted by Gasteiger charge is -2.13. The molecule has 0 atom stereocenters. The summed E-state index contributed by atoms with van der Waals surface area (Å²) in [7, 11) is 0. The normalized spacial score (nSPS) is 11.2. The van der Waals surface area contributed by atoms with Crippen LogP contribution in [0.3, 0.4) is 0 Å². The van der Waals surface area contributed by atoms with Gasteiger partial charge in [0.15, 0.2) is 5.82 Å². The Labute approximate surface area is 362 Å². The molecule has 11 rings (SSSR count). The quantitative estimate of drug-likeness (QED) is 0.143. The summed E-state index contributed by atoms with van der Waals surface area (Å²) in [5, 5.41) is 3.38. The number of fused-ring (bicyclic) bond motifs is 3. The molecule has 1 aromatic heterocycles. The van der Waals surface area contributed by atoms with Crippen molar-refractivity contribution in [2.75, 3.05) is 0 Å².